The van der Waals surface area contributed by atoms with Crippen molar-refractivity contribution in [2.24, 2.45) is 0 Å². The number of carbonyl (C=O) groups excluding carboxylic acids is 1. The van der Waals surface area contributed by atoms with Crippen molar-refractivity contribution in [1.82, 2.24) is 24.2 Å². The second kappa shape index (κ2) is 12.5. The van der Waals surface area contributed by atoms with Crippen LogP contribution in [0.5, 0.6) is 5.75 Å². The highest BCUT2D eigenvalue weighted by molar-refractivity contribution is 6.08. The Morgan fingerprint density at radius 3 is 2.18 bits per heavy atom. The predicted octanol–water partition coefficient (Wildman–Crippen LogP) is 3.90. The van der Waals surface area contributed by atoms with Gasteiger partial charge in [-0.25, -0.2) is 0 Å². The fraction of sp³-hybridized carbons (Fsp3) is 0.531. The maximum absolute atomic E-state index is 13.9. The van der Waals surface area contributed by atoms with E-state index in [9.17, 15) is 4.79 Å². The van der Waals surface area contributed by atoms with Crippen molar-refractivity contribution in [3.05, 3.63) is 64.8 Å². The highest BCUT2D eigenvalue weighted by atomic mass is 16.5. The first kappa shape index (κ1) is 27.7. The third-order valence-electron chi connectivity index (χ3n) is 8.68. The van der Waals surface area contributed by atoms with Gasteiger partial charge < -0.3 is 24.0 Å². The summed E-state index contributed by atoms with van der Waals surface area (Å²) in [6.45, 7) is 15.3. The second-order valence-corrected chi connectivity index (χ2v) is 11.4. The monoisotopic (exact) mass is 531 g/mol. The van der Waals surface area contributed by atoms with Gasteiger partial charge in [0.15, 0.2) is 0 Å². The van der Waals surface area contributed by atoms with E-state index in [0.717, 1.165) is 107 Å². The van der Waals surface area contributed by atoms with Gasteiger partial charge in [0.25, 0.3) is 5.91 Å². The van der Waals surface area contributed by atoms with Crippen LogP contribution in [-0.4, -0.2) is 110 Å². The maximum Gasteiger partial charge on any atom is 0.256 e. The van der Waals surface area contributed by atoms with Crippen LogP contribution in [0.1, 0.15) is 33.6 Å². The number of rotatable bonds is 9. The number of hydrogen-bond acceptors (Lipinski definition) is 5. The zero-order valence-corrected chi connectivity index (χ0v) is 24.3. The number of piperazine rings is 2. The summed E-state index contributed by atoms with van der Waals surface area (Å²) in [6.07, 6.45) is 2.11. The van der Waals surface area contributed by atoms with Gasteiger partial charge in [-0.1, -0.05) is 23.8 Å². The molecule has 1 aromatic heterocycles. The van der Waals surface area contributed by atoms with Crippen molar-refractivity contribution in [3.63, 3.8) is 0 Å². The smallest absolute Gasteiger partial charge is 0.256 e. The van der Waals surface area contributed by atoms with Crippen LogP contribution in [0.4, 0.5) is 0 Å². The van der Waals surface area contributed by atoms with Gasteiger partial charge in [-0.3, -0.25) is 9.69 Å². The molecule has 2 fully saturated rings. The lowest BCUT2D eigenvalue weighted by Gasteiger charge is -2.35. The van der Waals surface area contributed by atoms with E-state index < -0.39 is 0 Å². The average Bonchev–Trinajstić information content (AvgIpc) is 3.23. The molecule has 0 saturated carbocycles. The van der Waals surface area contributed by atoms with Gasteiger partial charge in [-0.15, -0.1) is 0 Å². The Balaban J connectivity index is 1.22. The molecule has 0 unspecified atom stereocenters. The molecule has 39 heavy (non-hydrogen) atoms. The van der Waals surface area contributed by atoms with Gasteiger partial charge in [0.05, 0.1) is 12.7 Å². The number of likely N-dealkylation sites (N-methyl/N-ethyl adjacent to an activating group) is 1. The Bertz CT molecular complexity index is 1250. The quantitative estimate of drug-likeness (QED) is 0.419. The molecular weight excluding hydrogens is 486 g/mol. The van der Waals surface area contributed by atoms with Crippen LogP contribution in [0, 0.1) is 13.8 Å². The lowest BCUT2D eigenvalue weighted by Crippen LogP contribution is -2.49. The standard InChI is InChI=1S/C32H45N5O2/c1-25-6-11-30-29(24-25)31(26(2)37(30)14-5-13-34-18-16-33(3)17-19-34)32(38)36-22-20-35(21-23-36)15-12-27-7-9-28(39-4)10-8-27/h6-11,24H,5,12-23H2,1-4H3. The number of methoxy groups -OCH3 is 1. The van der Waals surface area contributed by atoms with Crippen LogP contribution in [0.2, 0.25) is 0 Å². The largest absolute Gasteiger partial charge is 0.497 e. The zero-order chi connectivity index (χ0) is 27.4. The topological polar surface area (TPSA) is 44.2 Å². The number of fused-ring (bicyclic) bond motifs is 1. The Labute approximate surface area is 233 Å². The van der Waals surface area contributed by atoms with Gasteiger partial charge in [0.1, 0.15) is 5.75 Å². The second-order valence-electron chi connectivity index (χ2n) is 11.4. The minimum Gasteiger partial charge on any atom is -0.497 e. The molecule has 7 nitrogen and oxygen atoms in total. The molecule has 7 heteroatoms. The van der Waals surface area contributed by atoms with Crippen LogP contribution in [0.25, 0.3) is 10.9 Å². The molecule has 0 bridgehead atoms. The molecule has 0 N–H and O–H groups in total. The summed E-state index contributed by atoms with van der Waals surface area (Å²) in [5.74, 6) is 1.09. The molecule has 1 amide bonds. The van der Waals surface area contributed by atoms with E-state index in [1.165, 1.54) is 16.6 Å². The number of ether oxygens (including phenoxy) is 1. The highest BCUT2D eigenvalue weighted by Crippen LogP contribution is 2.29. The van der Waals surface area contributed by atoms with E-state index in [0.29, 0.717) is 0 Å². The summed E-state index contributed by atoms with van der Waals surface area (Å²) in [5.41, 5.74) is 5.73. The van der Waals surface area contributed by atoms with Crippen molar-refractivity contribution in [2.45, 2.75) is 33.2 Å². The van der Waals surface area contributed by atoms with Gasteiger partial charge in [-0.05, 0) is 70.1 Å². The first-order valence-corrected chi connectivity index (χ1v) is 14.6. The van der Waals surface area contributed by atoms with Gasteiger partial charge >= 0.3 is 0 Å². The minimum atomic E-state index is 0.190. The van der Waals surface area contributed by atoms with E-state index in [1.54, 1.807) is 7.11 Å². The number of aromatic nitrogens is 1. The van der Waals surface area contributed by atoms with Crippen molar-refractivity contribution < 1.29 is 9.53 Å². The number of benzene rings is 2. The van der Waals surface area contributed by atoms with Gasteiger partial charge in [0, 0.05) is 82.0 Å². The van der Waals surface area contributed by atoms with Gasteiger partial charge in [0.2, 0.25) is 0 Å². The lowest BCUT2D eigenvalue weighted by atomic mass is 10.1. The van der Waals surface area contributed by atoms with Crippen LogP contribution in [-0.2, 0) is 13.0 Å². The number of hydrogen-bond donors (Lipinski definition) is 0. The van der Waals surface area contributed by atoms with E-state index in [2.05, 4.69) is 75.4 Å². The van der Waals surface area contributed by atoms with E-state index in [1.807, 2.05) is 12.1 Å². The van der Waals surface area contributed by atoms with Crippen molar-refractivity contribution in [3.8, 4) is 5.75 Å². The van der Waals surface area contributed by atoms with Crippen molar-refractivity contribution in [1.29, 1.82) is 0 Å². The summed E-state index contributed by atoms with van der Waals surface area (Å²) >= 11 is 0. The first-order chi connectivity index (χ1) is 18.9. The molecule has 2 aliphatic rings. The molecule has 0 radical (unpaired) electrons. The third-order valence-corrected chi connectivity index (χ3v) is 8.68. The fourth-order valence-electron chi connectivity index (χ4n) is 6.09. The maximum atomic E-state index is 13.9. The average molecular weight is 532 g/mol. The normalized spacial score (nSPS) is 17.7. The lowest BCUT2D eigenvalue weighted by molar-refractivity contribution is 0.0639. The SMILES string of the molecule is COc1ccc(CCN2CCN(C(=O)c3c(C)n(CCCN4CCN(C)CC4)c4ccc(C)cc34)CC2)cc1. The molecule has 210 valence electrons. The Kier molecular flexibility index (Phi) is 8.90. The van der Waals surface area contributed by atoms with E-state index in [-0.39, 0.29) is 5.91 Å². The molecule has 2 aliphatic heterocycles. The van der Waals surface area contributed by atoms with Crippen molar-refractivity contribution >= 4 is 16.8 Å². The van der Waals surface area contributed by atoms with Crippen molar-refractivity contribution in [2.75, 3.05) is 79.6 Å². The number of amides is 1. The molecule has 2 saturated heterocycles. The molecule has 0 spiro atoms. The number of aryl methyl sites for hydroxylation is 2. The van der Waals surface area contributed by atoms with Crippen LogP contribution >= 0.6 is 0 Å². The van der Waals surface area contributed by atoms with Gasteiger partial charge in [-0.2, -0.15) is 0 Å². The van der Waals surface area contributed by atoms with Crippen LogP contribution < -0.4 is 4.74 Å². The highest BCUT2D eigenvalue weighted by Gasteiger charge is 2.27. The summed E-state index contributed by atoms with van der Waals surface area (Å²) in [6, 6.07) is 14.9. The Hall–Kier alpha value is -2.87. The summed E-state index contributed by atoms with van der Waals surface area (Å²) in [7, 11) is 3.90. The summed E-state index contributed by atoms with van der Waals surface area (Å²) < 4.78 is 7.66. The fourth-order valence-corrected chi connectivity index (χ4v) is 6.09. The zero-order valence-electron chi connectivity index (χ0n) is 24.3. The third kappa shape index (κ3) is 6.48. The molecule has 0 atom stereocenters. The minimum absolute atomic E-state index is 0.190. The van der Waals surface area contributed by atoms with E-state index >= 15 is 0 Å². The Morgan fingerprint density at radius 1 is 0.821 bits per heavy atom. The summed E-state index contributed by atoms with van der Waals surface area (Å²) in [5, 5.41) is 1.11. The van der Waals surface area contributed by atoms with E-state index in [4.69, 9.17) is 4.74 Å². The molecular formula is C32H45N5O2. The van der Waals surface area contributed by atoms with Crippen LogP contribution in [0.15, 0.2) is 42.5 Å². The number of carbonyl (C=O) groups is 1. The molecule has 3 aromatic rings. The molecule has 0 aliphatic carbocycles. The molecule has 3 heterocycles. The first-order valence-electron chi connectivity index (χ1n) is 14.6. The predicted molar refractivity (Wildman–Crippen MR) is 159 cm³/mol. The summed E-state index contributed by atoms with van der Waals surface area (Å²) in [4.78, 5) is 23.5. The Morgan fingerprint density at radius 2 is 1.49 bits per heavy atom. The van der Waals surface area contributed by atoms with Crippen LogP contribution in [0.3, 0.4) is 0 Å². The molecule has 2 aromatic carbocycles. The molecule has 5 rings (SSSR count). The number of nitrogens with zero attached hydrogens (tertiary/aromatic N) is 5.